The van der Waals surface area contributed by atoms with Gasteiger partial charge in [-0.2, -0.15) is 0 Å². The first-order valence-corrected chi connectivity index (χ1v) is 4.27. The zero-order valence-electron chi connectivity index (χ0n) is 7.30. The highest BCUT2D eigenvalue weighted by atomic mass is 15.1. The van der Waals surface area contributed by atoms with Gasteiger partial charge in [-0.1, -0.05) is 36.4 Å². The van der Waals surface area contributed by atoms with Gasteiger partial charge in [-0.05, 0) is 18.1 Å². The predicted octanol–water partition coefficient (Wildman–Crippen LogP) is 2.36. The van der Waals surface area contributed by atoms with Crippen LogP contribution in [0.2, 0.25) is 0 Å². The molecule has 1 heterocycles. The maximum absolute atomic E-state index is 3.97. The molecule has 1 atom stereocenters. The average molecular weight is 159 g/mol. The lowest BCUT2D eigenvalue weighted by molar-refractivity contribution is 1.07. The van der Waals surface area contributed by atoms with E-state index in [-0.39, 0.29) is 0 Å². The predicted molar refractivity (Wildman–Crippen MR) is 51.9 cm³/mol. The molecule has 1 aliphatic rings. The molecule has 0 saturated carbocycles. The van der Waals surface area contributed by atoms with E-state index in [0.29, 0.717) is 6.04 Å². The summed E-state index contributed by atoms with van der Waals surface area (Å²) in [4.78, 5) is 0. The van der Waals surface area contributed by atoms with Gasteiger partial charge in [0.1, 0.15) is 0 Å². The normalized spacial score (nSPS) is 20.6. The SMILES string of the molecule is C=C(C)c1ccccc1C1CN1. The van der Waals surface area contributed by atoms with Crippen LogP contribution in [0.4, 0.5) is 0 Å². The molecule has 1 nitrogen and oxygen atoms in total. The summed E-state index contributed by atoms with van der Waals surface area (Å²) in [6.45, 7) is 7.14. The van der Waals surface area contributed by atoms with Gasteiger partial charge < -0.3 is 5.32 Å². The van der Waals surface area contributed by atoms with Crippen molar-refractivity contribution in [1.29, 1.82) is 0 Å². The minimum Gasteiger partial charge on any atom is -0.307 e. The third-order valence-electron chi connectivity index (χ3n) is 2.20. The topological polar surface area (TPSA) is 21.9 Å². The van der Waals surface area contributed by atoms with Gasteiger partial charge in [0.15, 0.2) is 0 Å². The third kappa shape index (κ3) is 1.28. The molecule has 0 amide bonds. The lowest BCUT2D eigenvalue weighted by atomic mass is 10.00. The minimum absolute atomic E-state index is 0.581. The molecule has 0 spiro atoms. The molecule has 1 heteroatoms. The number of hydrogen-bond acceptors (Lipinski definition) is 1. The van der Waals surface area contributed by atoms with Gasteiger partial charge in [0.05, 0.1) is 0 Å². The molecule has 0 radical (unpaired) electrons. The fourth-order valence-electron chi connectivity index (χ4n) is 1.47. The Hall–Kier alpha value is -1.08. The molecular weight excluding hydrogens is 146 g/mol. The van der Waals surface area contributed by atoms with Gasteiger partial charge >= 0.3 is 0 Å². The minimum atomic E-state index is 0.581. The van der Waals surface area contributed by atoms with Crippen LogP contribution < -0.4 is 5.32 Å². The standard InChI is InChI=1S/C11H13N/c1-8(2)9-5-3-4-6-10(9)11-7-12-11/h3-6,11-12H,1,7H2,2H3. The quantitative estimate of drug-likeness (QED) is 0.657. The van der Waals surface area contributed by atoms with E-state index in [4.69, 9.17) is 0 Å². The fraction of sp³-hybridized carbons (Fsp3) is 0.273. The fourth-order valence-corrected chi connectivity index (χ4v) is 1.47. The van der Waals surface area contributed by atoms with Crippen LogP contribution in [0.3, 0.4) is 0 Å². The van der Waals surface area contributed by atoms with E-state index in [1.54, 1.807) is 0 Å². The Balaban J connectivity index is 2.43. The molecular formula is C11H13N. The van der Waals surface area contributed by atoms with Crippen LogP contribution in [-0.4, -0.2) is 6.54 Å². The number of hydrogen-bond donors (Lipinski definition) is 1. The Kier molecular flexibility index (Phi) is 1.74. The van der Waals surface area contributed by atoms with Crippen LogP contribution >= 0.6 is 0 Å². The number of nitrogens with one attached hydrogen (secondary N) is 1. The van der Waals surface area contributed by atoms with E-state index in [1.807, 2.05) is 0 Å². The first kappa shape index (κ1) is 7.56. The Morgan fingerprint density at radius 1 is 1.50 bits per heavy atom. The van der Waals surface area contributed by atoms with Gasteiger partial charge in [-0.3, -0.25) is 0 Å². The van der Waals surface area contributed by atoms with Crippen LogP contribution in [0.5, 0.6) is 0 Å². The van der Waals surface area contributed by atoms with E-state index in [9.17, 15) is 0 Å². The molecule has 12 heavy (non-hydrogen) atoms. The highest BCUT2D eigenvalue weighted by Gasteiger charge is 2.24. The molecule has 1 saturated heterocycles. The Bertz CT molecular complexity index is 311. The second-order valence-electron chi connectivity index (χ2n) is 3.33. The van der Waals surface area contributed by atoms with Crippen molar-refractivity contribution >= 4 is 5.57 Å². The van der Waals surface area contributed by atoms with Crippen molar-refractivity contribution < 1.29 is 0 Å². The molecule has 0 aliphatic carbocycles. The van der Waals surface area contributed by atoms with Crippen LogP contribution in [0.1, 0.15) is 24.1 Å². The van der Waals surface area contributed by atoms with Gasteiger partial charge in [-0.25, -0.2) is 0 Å². The van der Waals surface area contributed by atoms with E-state index < -0.39 is 0 Å². The first-order chi connectivity index (χ1) is 5.79. The van der Waals surface area contributed by atoms with Gasteiger partial charge in [0, 0.05) is 12.6 Å². The van der Waals surface area contributed by atoms with Gasteiger partial charge in [-0.15, -0.1) is 0 Å². The monoisotopic (exact) mass is 159 g/mol. The maximum Gasteiger partial charge on any atom is 0.0453 e. The Morgan fingerprint density at radius 2 is 2.17 bits per heavy atom. The number of allylic oxidation sites excluding steroid dienone is 1. The summed E-state index contributed by atoms with van der Waals surface area (Å²) in [5.41, 5.74) is 3.84. The largest absolute Gasteiger partial charge is 0.307 e. The summed E-state index contributed by atoms with van der Waals surface area (Å²) in [6.07, 6.45) is 0. The van der Waals surface area contributed by atoms with Crippen LogP contribution in [-0.2, 0) is 0 Å². The molecule has 1 fully saturated rings. The second kappa shape index (κ2) is 2.76. The first-order valence-electron chi connectivity index (χ1n) is 4.27. The van der Waals surface area contributed by atoms with Crippen molar-refractivity contribution in [3.8, 4) is 0 Å². The molecule has 0 aromatic heterocycles. The summed E-state index contributed by atoms with van der Waals surface area (Å²) in [5, 5.41) is 3.30. The Morgan fingerprint density at radius 3 is 2.75 bits per heavy atom. The molecule has 1 N–H and O–H groups in total. The van der Waals surface area contributed by atoms with E-state index in [2.05, 4.69) is 43.1 Å². The second-order valence-corrected chi connectivity index (χ2v) is 3.33. The van der Waals surface area contributed by atoms with Crippen LogP contribution in [0.15, 0.2) is 30.8 Å². The molecule has 2 rings (SSSR count). The summed E-state index contributed by atoms with van der Waals surface area (Å²) < 4.78 is 0. The van der Waals surface area contributed by atoms with Crippen LogP contribution in [0.25, 0.3) is 5.57 Å². The van der Waals surface area contributed by atoms with E-state index in [0.717, 1.165) is 12.1 Å². The molecule has 1 aliphatic heterocycles. The third-order valence-corrected chi connectivity index (χ3v) is 2.20. The molecule has 1 aromatic rings. The van der Waals surface area contributed by atoms with Gasteiger partial charge in [0.2, 0.25) is 0 Å². The Labute approximate surface area is 73.1 Å². The summed E-state index contributed by atoms with van der Waals surface area (Å²) in [5.74, 6) is 0. The number of rotatable bonds is 2. The zero-order chi connectivity index (χ0) is 8.55. The summed E-state index contributed by atoms with van der Waals surface area (Å²) in [7, 11) is 0. The summed E-state index contributed by atoms with van der Waals surface area (Å²) >= 11 is 0. The smallest absolute Gasteiger partial charge is 0.0453 e. The highest BCUT2D eigenvalue weighted by Crippen LogP contribution is 2.28. The van der Waals surface area contributed by atoms with E-state index in [1.165, 1.54) is 11.1 Å². The van der Waals surface area contributed by atoms with Crippen molar-refractivity contribution in [3.63, 3.8) is 0 Å². The average Bonchev–Trinajstić information content (AvgIpc) is 2.87. The highest BCUT2D eigenvalue weighted by molar-refractivity contribution is 5.65. The van der Waals surface area contributed by atoms with E-state index >= 15 is 0 Å². The summed E-state index contributed by atoms with van der Waals surface area (Å²) in [6, 6.07) is 9.04. The van der Waals surface area contributed by atoms with Gasteiger partial charge in [0.25, 0.3) is 0 Å². The van der Waals surface area contributed by atoms with Crippen molar-refractivity contribution in [3.05, 3.63) is 42.0 Å². The number of benzene rings is 1. The van der Waals surface area contributed by atoms with Crippen molar-refractivity contribution in [1.82, 2.24) is 5.32 Å². The molecule has 1 unspecified atom stereocenters. The zero-order valence-corrected chi connectivity index (χ0v) is 7.30. The molecule has 1 aromatic carbocycles. The maximum atomic E-state index is 3.97. The van der Waals surface area contributed by atoms with Crippen molar-refractivity contribution in [2.75, 3.05) is 6.54 Å². The van der Waals surface area contributed by atoms with Crippen LogP contribution in [0, 0.1) is 0 Å². The van der Waals surface area contributed by atoms with Crippen molar-refractivity contribution in [2.45, 2.75) is 13.0 Å². The molecule has 62 valence electrons. The molecule has 0 bridgehead atoms. The lowest BCUT2D eigenvalue weighted by Crippen LogP contribution is -1.90. The lowest BCUT2D eigenvalue weighted by Gasteiger charge is -2.05. The van der Waals surface area contributed by atoms with Crippen molar-refractivity contribution in [2.24, 2.45) is 0 Å².